The topological polar surface area (TPSA) is 3.24 Å². The van der Waals surface area contributed by atoms with E-state index in [1.165, 1.54) is 30.4 Å². The molecule has 2 atom stereocenters. The van der Waals surface area contributed by atoms with E-state index in [9.17, 15) is 0 Å². The van der Waals surface area contributed by atoms with Crippen molar-refractivity contribution in [1.29, 1.82) is 0 Å². The molecule has 1 nitrogen and oxygen atoms in total. The number of rotatable bonds is 1. The first-order valence-corrected chi connectivity index (χ1v) is 6.24. The van der Waals surface area contributed by atoms with Crippen molar-refractivity contribution in [2.45, 2.75) is 38.3 Å². The minimum absolute atomic E-state index is 0.690. The maximum Gasteiger partial charge on any atom is 0.0284 e. The third kappa shape index (κ3) is 1.60. The Morgan fingerprint density at radius 1 is 1.12 bits per heavy atom. The van der Waals surface area contributed by atoms with E-state index in [1.807, 2.05) is 0 Å². The van der Waals surface area contributed by atoms with Crippen LogP contribution in [0.3, 0.4) is 0 Å². The van der Waals surface area contributed by atoms with Crippen molar-refractivity contribution in [3.8, 4) is 0 Å². The van der Waals surface area contributed by atoms with Crippen molar-refractivity contribution in [1.82, 2.24) is 4.90 Å². The highest BCUT2D eigenvalue weighted by atomic mass is 15.2. The summed E-state index contributed by atoms with van der Waals surface area (Å²) in [6.07, 6.45) is 6.42. The fraction of sp³-hybridized carbons (Fsp3) is 0.467. The van der Waals surface area contributed by atoms with Crippen molar-refractivity contribution >= 4 is 5.57 Å². The smallest absolute Gasteiger partial charge is 0.0284 e. The molecule has 2 heterocycles. The molecule has 1 aromatic rings. The molecule has 1 aromatic carbocycles. The summed E-state index contributed by atoms with van der Waals surface area (Å²) in [5.74, 6) is 0. The van der Waals surface area contributed by atoms with Gasteiger partial charge < -0.3 is 0 Å². The van der Waals surface area contributed by atoms with Gasteiger partial charge in [0.05, 0.1) is 0 Å². The van der Waals surface area contributed by atoms with Crippen LogP contribution in [0.1, 0.15) is 30.4 Å². The van der Waals surface area contributed by atoms with Gasteiger partial charge in [0, 0.05) is 12.1 Å². The van der Waals surface area contributed by atoms with Gasteiger partial charge in [0.2, 0.25) is 0 Å². The Kier molecular flexibility index (Phi) is 2.36. The normalized spacial score (nSPS) is 29.2. The zero-order valence-electron chi connectivity index (χ0n) is 10.1. The fourth-order valence-electron chi connectivity index (χ4n) is 3.02. The molecule has 0 N–H and O–H groups in total. The van der Waals surface area contributed by atoms with E-state index in [0.29, 0.717) is 6.04 Å². The molecule has 0 spiro atoms. The van der Waals surface area contributed by atoms with E-state index in [4.69, 9.17) is 0 Å². The van der Waals surface area contributed by atoms with Gasteiger partial charge in [-0.05, 0) is 44.4 Å². The summed E-state index contributed by atoms with van der Waals surface area (Å²) in [7, 11) is 2.27. The van der Waals surface area contributed by atoms with Gasteiger partial charge in [-0.2, -0.15) is 0 Å². The van der Waals surface area contributed by atoms with Gasteiger partial charge in [-0.25, -0.2) is 0 Å². The lowest BCUT2D eigenvalue weighted by Gasteiger charge is -2.30. The van der Waals surface area contributed by atoms with Crippen LogP contribution >= 0.6 is 0 Å². The Hall–Kier alpha value is -1.08. The number of hydrogen-bond acceptors (Lipinski definition) is 1. The number of benzene rings is 1. The molecule has 3 rings (SSSR count). The summed E-state index contributed by atoms with van der Waals surface area (Å²) in [5.41, 5.74) is 4.33. The summed E-state index contributed by atoms with van der Waals surface area (Å²) in [6, 6.07) is 10.5. The monoisotopic (exact) mass is 213 g/mol. The number of nitrogens with zero attached hydrogens (tertiary/aromatic N) is 1. The molecule has 0 amide bonds. The highest BCUT2D eigenvalue weighted by Gasteiger charge is 2.33. The lowest BCUT2D eigenvalue weighted by molar-refractivity contribution is 0.264. The molecule has 0 saturated carbocycles. The first-order valence-electron chi connectivity index (χ1n) is 6.24. The zero-order valence-corrected chi connectivity index (χ0v) is 10.1. The molecule has 84 valence electrons. The summed E-state index contributed by atoms with van der Waals surface area (Å²) in [4.78, 5) is 2.54. The van der Waals surface area contributed by atoms with Crippen LogP contribution in [0, 0.1) is 6.92 Å². The summed E-state index contributed by atoms with van der Waals surface area (Å²) < 4.78 is 0. The Bertz CT molecular complexity index is 416. The third-order valence-electron chi connectivity index (χ3n) is 4.17. The first-order chi connectivity index (χ1) is 7.74. The van der Waals surface area contributed by atoms with E-state index in [0.717, 1.165) is 6.04 Å². The molecule has 0 aromatic heterocycles. The molecule has 2 bridgehead atoms. The average Bonchev–Trinajstić information content (AvgIpc) is 2.54. The zero-order chi connectivity index (χ0) is 11.1. The minimum Gasteiger partial charge on any atom is -0.297 e. The molecule has 2 unspecified atom stereocenters. The maximum atomic E-state index is 2.54. The second-order valence-electron chi connectivity index (χ2n) is 5.23. The average molecular weight is 213 g/mol. The van der Waals surface area contributed by atoms with Crippen LogP contribution in [0.2, 0.25) is 0 Å². The summed E-state index contributed by atoms with van der Waals surface area (Å²) >= 11 is 0. The van der Waals surface area contributed by atoms with E-state index < -0.39 is 0 Å². The Labute approximate surface area is 97.8 Å². The van der Waals surface area contributed by atoms with Crippen LogP contribution in [0.25, 0.3) is 5.57 Å². The van der Waals surface area contributed by atoms with Gasteiger partial charge in [0.15, 0.2) is 0 Å². The first kappa shape index (κ1) is 10.1. The van der Waals surface area contributed by atoms with Crippen LogP contribution in [0.5, 0.6) is 0 Å². The van der Waals surface area contributed by atoms with Crippen molar-refractivity contribution in [2.75, 3.05) is 7.05 Å². The standard InChI is InChI=1S/C15H19N/c1-11-3-5-12(6-4-11)13-9-14-7-8-15(10-13)16(14)2/h3-6,9,14-15H,7-8,10H2,1-2H3. The van der Waals surface area contributed by atoms with Gasteiger partial charge >= 0.3 is 0 Å². The van der Waals surface area contributed by atoms with Gasteiger partial charge in [0.1, 0.15) is 0 Å². The molecule has 0 aliphatic carbocycles. The second kappa shape index (κ2) is 3.74. The molecule has 0 radical (unpaired) electrons. The summed E-state index contributed by atoms with van der Waals surface area (Å²) in [6.45, 7) is 2.15. The Morgan fingerprint density at radius 3 is 2.56 bits per heavy atom. The van der Waals surface area contributed by atoms with E-state index >= 15 is 0 Å². The molecule has 16 heavy (non-hydrogen) atoms. The van der Waals surface area contributed by atoms with E-state index in [1.54, 1.807) is 5.57 Å². The van der Waals surface area contributed by atoms with Crippen LogP contribution in [-0.4, -0.2) is 24.0 Å². The van der Waals surface area contributed by atoms with Gasteiger partial charge in [-0.1, -0.05) is 35.9 Å². The van der Waals surface area contributed by atoms with Gasteiger partial charge in [0.25, 0.3) is 0 Å². The maximum absolute atomic E-state index is 2.54. The largest absolute Gasteiger partial charge is 0.297 e. The van der Waals surface area contributed by atoms with Crippen LogP contribution in [-0.2, 0) is 0 Å². The number of aryl methyl sites for hydroxylation is 1. The predicted molar refractivity (Wildman–Crippen MR) is 68.3 cm³/mol. The SMILES string of the molecule is Cc1ccc(C2=CC3CCC(C2)N3C)cc1. The second-order valence-corrected chi connectivity index (χ2v) is 5.23. The molecular formula is C15H19N. The predicted octanol–water partition coefficient (Wildman–Crippen LogP) is 3.24. The number of hydrogen-bond donors (Lipinski definition) is 0. The summed E-state index contributed by atoms with van der Waals surface area (Å²) in [5, 5.41) is 0. The van der Waals surface area contributed by atoms with Crippen LogP contribution < -0.4 is 0 Å². The van der Waals surface area contributed by atoms with E-state index in [-0.39, 0.29) is 0 Å². The fourth-order valence-corrected chi connectivity index (χ4v) is 3.02. The lowest BCUT2D eigenvalue weighted by Crippen LogP contribution is -2.34. The lowest BCUT2D eigenvalue weighted by atomic mass is 9.94. The Morgan fingerprint density at radius 2 is 1.88 bits per heavy atom. The van der Waals surface area contributed by atoms with Gasteiger partial charge in [-0.3, -0.25) is 4.90 Å². The van der Waals surface area contributed by atoms with Gasteiger partial charge in [-0.15, -0.1) is 0 Å². The highest BCUT2D eigenvalue weighted by molar-refractivity contribution is 5.68. The number of fused-ring (bicyclic) bond motifs is 2. The highest BCUT2D eigenvalue weighted by Crippen LogP contribution is 2.37. The molecule has 2 aliphatic rings. The van der Waals surface area contributed by atoms with E-state index in [2.05, 4.69) is 49.2 Å². The molecule has 2 aliphatic heterocycles. The molecule has 1 heteroatoms. The van der Waals surface area contributed by atoms with Crippen LogP contribution in [0.4, 0.5) is 0 Å². The molecular weight excluding hydrogens is 194 g/mol. The number of likely N-dealkylation sites (N-methyl/N-ethyl adjacent to an activating group) is 1. The van der Waals surface area contributed by atoms with Crippen molar-refractivity contribution in [2.24, 2.45) is 0 Å². The Balaban J connectivity index is 1.92. The van der Waals surface area contributed by atoms with Crippen molar-refractivity contribution in [3.05, 3.63) is 41.5 Å². The van der Waals surface area contributed by atoms with Crippen molar-refractivity contribution < 1.29 is 0 Å². The third-order valence-corrected chi connectivity index (χ3v) is 4.17. The molecule has 1 saturated heterocycles. The quantitative estimate of drug-likeness (QED) is 0.692. The van der Waals surface area contributed by atoms with Crippen molar-refractivity contribution in [3.63, 3.8) is 0 Å². The van der Waals surface area contributed by atoms with Crippen LogP contribution in [0.15, 0.2) is 30.3 Å². The molecule has 1 fully saturated rings. The minimum atomic E-state index is 0.690.